The molecule has 2 aliphatic carbocycles. The van der Waals surface area contributed by atoms with E-state index in [1.165, 1.54) is 4.90 Å². The summed E-state index contributed by atoms with van der Waals surface area (Å²) in [6.07, 6.45) is 5.97. The largest absolute Gasteiger partial charge is 0.327 e. The molecule has 1 aromatic carbocycles. The van der Waals surface area contributed by atoms with Gasteiger partial charge in [0.25, 0.3) is 5.91 Å². The third-order valence-electron chi connectivity index (χ3n) is 5.44. The predicted molar refractivity (Wildman–Crippen MR) is 96.9 cm³/mol. The molecule has 3 fully saturated rings. The Kier molecular flexibility index (Phi) is 4.40. The van der Waals surface area contributed by atoms with Gasteiger partial charge in [-0.05, 0) is 49.9 Å². The van der Waals surface area contributed by atoms with Crippen LogP contribution in [0, 0.1) is 5.92 Å². The van der Waals surface area contributed by atoms with E-state index in [0.29, 0.717) is 5.69 Å². The third kappa shape index (κ3) is 3.12. The van der Waals surface area contributed by atoms with Crippen LogP contribution in [-0.2, 0) is 14.4 Å². The summed E-state index contributed by atoms with van der Waals surface area (Å²) in [6.45, 7) is 0. The van der Waals surface area contributed by atoms with Crippen LogP contribution in [0.3, 0.4) is 0 Å². The van der Waals surface area contributed by atoms with Crippen LogP contribution < -0.4 is 4.90 Å². The second kappa shape index (κ2) is 6.56. The highest BCUT2D eigenvalue weighted by Crippen LogP contribution is 2.38. The molecule has 1 heterocycles. The molecule has 0 aromatic heterocycles. The first kappa shape index (κ1) is 16.8. The van der Waals surface area contributed by atoms with E-state index in [4.69, 9.17) is 0 Å². The number of rotatable bonds is 4. The molecule has 1 saturated heterocycles. The molecule has 0 bridgehead atoms. The van der Waals surface area contributed by atoms with Crippen molar-refractivity contribution in [2.24, 2.45) is 5.92 Å². The lowest BCUT2D eigenvalue weighted by molar-refractivity contribution is -0.142. The van der Waals surface area contributed by atoms with Crippen LogP contribution in [-0.4, -0.2) is 34.7 Å². The summed E-state index contributed by atoms with van der Waals surface area (Å²) in [6, 6.07) is 6.61. The van der Waals surface area contributed by atoms with E-state index >= 15 is 0 Å². The van der Waals surface area contributed by atoms with Crippen LogP contribution >= 0.6 is 15.9 Å². The Morgan fingerprint density at radius 3 is 2.28 bits per heavy atom. The fourth-order valence-corrected chi connectivity index (χ4v) is 4.27. The van der Waals surface area contributed by atoms with Crippen LogP contribution in [0.25, 0.3) is 0 Å². The highest BCUT2D eigenvalue weighted by molar-refractivity contribution is 9.10. The molecule has 3 aliphatic rings. The molecule has 1 atom stereocenters. The summed E-state index contributed by atoms with van der Waals surface area (Å²) in [7, 11) is 0. The number of benzene rings is 1. The maximum atomic E-state index is 13.0. The van der Waals surface area contributed by atoms with E-state index in [9.17, 15) is 14.4 Å². The second-order valence-corrected chi connectivity index (χ2v) is 8.14. The van der Waals surface area contributed by atoms with Crippen LogP contribution in [0.5, 0.6) is 0 Å². The van der Waals surface area contributed by atoms with Crippen molar-refractivity contribution >= 4 is 39.3 Å². The Hall–Kier alpha value is -1.69. The molecule has 2 saturated carbocycles. The maximum absolute atomic E-state index is 13.0. The zero-order chi connectivity index (χ0) is 17.6. The zero-order valence-corrected chi connectivity index (χ0v) is 15.6. The van der Waals surface area contributed by atoms with Gasteiger partial charge in [0, 0.05) is 16.4 Å². The van der Waals surface area contributed by atoms with E-state index in [1.807, 2.05) is 12.1 Å². The van der Waals surface area contributed by atoms with Crippen LogP contribution in [0.4, 0.5) is 5.69 Å². The molecule has 0 radical (unpaired) electrons. The number of amides is 3. The number of halogens is 1. The van der Waals surface area contributed by atoms with E-state index in [0.717, 1.165) is 43.0 Å². The topological polar surface area (TPSA) is 57.7 Å². The van der Waals surface area contributed by atoms with Gasteiger partial charge in [0.05, 0.1) is 12.1 Å². The molecule has 1 aliphatic heterocycles. The molecule has 0 spiro atoms. The third-order valence-corrected chi connectivity index (χ3v) is 5.97. The number of nitrogens with zero attached hydrogens (tertiary/aromatic N) is 2. The van der Waals surface area contributed by atoms with Crippen LogP contribution in [0.1, 0.15) is 44.9 Å². The molecule has 5 nitrogen and oxygen atoms in total. The minimum Gasteiger partial charge on any atom is -0.327 e. The number of anilines is 1. The number of hydrogen-bond donors (Lipinski definition) is 0. The Balaban J connectivity index is 1.62. The highest BCUT2D eigenvalue weighted by atomic mass is 79.9. The monoisotopic (exact) mass is 404 g/mol. The molecule has 132 valence electrons. The van der Waals surface area contributed by atoms with Crippen molar-refractivity contribution in [1.29, 1.82) is 0 Å². The van der Waals surface area contributed by atoms with Gasteiger partial charge in [-0.15, -0.1) is 0 Å². The average molecular weight is 405 g/mol. The first-order chi connectivity index (χ1) is 12.1. The summed E-state index contributed by atoms with van der Waals surface area (Å²) in [5, 5.41) is 0. The lowest BCUT2D eigenvalue weighted by Crippen LogP contribution is -2.50. The quantitative estimate of drug-likeness (QED) is 0.723. The Morgan fingerprint density at radius 2 is 1.68 bits per heavy atom. The minimum atomic E-state index is -0.632. The molecular formula is C19H21BrN2O3. The van der Waals surface area contributed by atoms with Crippen molar-refractivity contribution in [2.75, 3.05) is 4.90 Å². The van der Waals surface area contributed by atoms with Gasteiger partial charge in [-0.3, -0.25) is 14.4 Å². The Labute approximate surface area is 155 Å². The lowest BCUT2D eigenvalue weighted by atomic mass is 10.1. The van der Waals surface area contributed by atoms with Gasteiger partial charge in [0.2, 0.25) is 11.8 Å². The van der Waals surface area contributed by atoms with Crippen molar-refractivity contribution in [3.05, 3.63) is 28.7 Å². The van der Waals surface area contributed by atoms with E-state index in [-0.39, 0.29) is 36.1 Å². The van der Waals surface area contributed by atoms with Gasteiger partial charge in [0.1, 0.15) is 6.04 Å². The summed E-state index contributed by atoms with van der Waals surface area (Å²) in [5.41, 5.74) is 0.575. The number of carbonyl (C=O) groups is 3. The van der Waals surface area contributed by atoms with Gasteiger partial charge in [-0.25, -0.2) is 4.90 Å². The first-order valence-corrected chi connectivity index (χ1v) is 9.80. The van der Waals surface area contributed by atoms with Crippen molar-refractivity contribution in [3.63, 3.8) is 0 Å². The molecule has 1 aromatic rings. The van der Waals surface area contributed by atoms with Crippen LogP contribution in [0.2, 0.25) is 0 Å². The highest BCUT2D eigenvalue weighted by Gasteiger charge is 2.49. The maximum Gasteiger partial charge on any atom is 0.257 e. The SMILES string of the molecule is O=C1CC(N(C(=O)C2CC2)C2CCCC2)C(=O)N1c1ccc(Br)cc1. The number of imide groups is 1. The van der Waals surface area contributed by atoms with Crippen molar-refractivity contribution in [1.82, 2.24) is 4.90 Å². The van der Waals surface area contributed by atoms with E-state index in [1.54, 1.807) is 17.0 Å². The Morgan fingerprint density at radius 1 is 1.04 bits per heavy atom. The van der Waals surface area contributed by atoms with Crippen molar-refractivity contribution < 1.29 is 14.4 Å². The molecule has 25 heavy (non-hydrogen) atoms. The molecule has 3 amide bonds. The number of carbonyl (C=O) groups excluding carboxylic acids is 3. The zero-order valence-electron chi connectivity index (χ0n) is 14.0. The van der Waals surface area contributed by atoms with Crippen LogP contribution in [0.15, 0.2) is 28.7 Å². The molecule has 4 rings (SSSR count). The summed E-state index contributed by atoms with van der Waals surface area (Å²) in [4.78, 5) is 41.5. The molecular weight excluding hydrogens is 384 g/mol. The minimum absolute atomic E-state index is 0.0604. The predicted octanol–water partition coefficient (Wildman–Crippen LogP) is 3.26. The van der Waals surface area contributed by atoms with Gasteiger partial charge in [-0.2, -0.15) is 0 Å². The van der Waals surface area contributed by atoms with Crippen molar-refractivity contribution in [2.45, 2.75) is 57.0 Å². The molecule has 6 heteroatoms. The second-order valence-electron chi connectivity index (χ2n) is 7.22. The fraction of sp³-hybridized carbons (Fsp3) is 0.526. The summed E-state index contributed by atoms with van der Waals surface area (Å²) < 4.78 is 0.892. The smallest absolute Gasteiger partial charge is 0.257 e. The molecule has 0 N–H and O–H groups in total. The summed E-state index contributed by atoms with van der Waals surface area (Å²) >= 11 is 3.36. The standard InChI is InChI=1S/C19H21BrN2O3/c20-13-7-9-15(10-8-13)22-17(23)11-16(19(22)25)21(14-3-1-2-4-14)18(24)12-5-6-12/h7-10,12,14,16H,1-6,11H2. The van der Waals surface area contributed by atoms with Gasteiger partial charge in [-0.1, -0.05) is 28.8 Å². The van der Waals surface area contributed by atoms with Gasteiger partial charge in [0.15, 0.2) is 0 Å². The normalized spacial score (nSPS) is 24.2. The fourth-order valence-electron chi connectivity index (χ4n) is 4.01. The van der Waals surface area contributed by atoms with Crippen molar-refractivity contribution in [3.8, 4) is 0 Å². The lowest BCUT2D eigenvalue weighted by Gasteiger charge is -2.33. The van der Waals surface area contributed by atoms with E-state index in [2.05, 4.69) is 15.9 Å². The van der Waals surface area contributed by atoms with Gasteiger partial charge >= 0.3 is 0 Å². The average Bonchev–Trinajstić information content (AvgIpc) is 3.24. The Bertz CT molecular complexity index is 708. The number of hydrogen-bond acceptors (Lipinski definition) is 3. The van der Waals surface area contributed by atoms with E-state index < -0.39 is 6.04 Å². The van der Waals surface area contributed by atoms with Gasteiger partial charge < -0.3 is 4.90 Å². The molecule has 1 unspecified atom stereocenters. The summed E-state index contributed by atoms with van der Waals surface area (Å²) in [5.74, 6) is -0.335. The first-order valence-electron chi connectivity index (χ1n) is 9.01.